The molecule has 11 nitrogen and oxygen atoms in total. The molecule has 2 amide bonds. The number of amides is 2. The first-order chi connectivity index (χ1) is 18.2. The number of nitrogens with two attached hydrogens (primary N) is 1. The zero-order valence-electron chi connectivity index (χ0n) is 23.0. The van der Waals surface area contributed by atoms with Crippen molar-refractivity contribution in [2.24, 2.45) is 23.5 Å². The van der Waals surface area contributed by atoms with Crippen molar-refractivity contribution in [3.8, 4) is 0 Å². The van der Waals surface area contributed by atoms with Crippen molar-refractivity contribution in [2.45, 2.75) is 65.1 Å². The Labute approximate surface area is 224 Å². The maximum absolute atomic E-state index is 12.9. The van der Waals surface area contributed by atoms with Crippen molar-refractivity contribution in [3.05, 3.63) is 29.7 Å². The minimum absolute atomic E-state index is 0.0276. The Hall–Kier alpha value is -2.76. The van der Waals surface area contributed by atoms with E-state index >= 15 is 0 Å². The van der Waals surface area contributed by atoms with Crippen LogP contribution in [0.25, 0.3) is 5.65 Å². The average Bonchev–Trinajstić information content (AvgIpc) is 3.30. The Morgan fingerprint density at radius 3 is 2.63 bits per heavy atom. The largest absolute Gasteiger partial charge is 0.443 e. The summed E-state index contributed by atoms with van der Waals surface area (Å²) >= 11 is 0. The van der Waals surface area contributed by atoms with Crippen LogP contribution in [0.2, 0.25) is 0 Å². The molecule has 3 heterocycles. The van der Waals surface area contributed by atoms with E-state index in [0.29, 0.717) is 61.9 Å². The van der Waals surface area contributed by atoms with Crippen LogP contribution in [-0.4, -0.2) is 76.6 Å². The van der Waals surface area contributed by atoms with Crippen LogP contribution in [0.4, 0.5) is 4.79 Å². The van der Waals surface area contributed by atoms with Crippen LogP contribution in [0, 0.1) is 17.8 Å². The van der Waals surface area contributed by atoms with Gasteiger partial charge in [0, 0.05) is 19.7 Å². The molecule has 0 unspecified atom stereocenters. The Kier molecular flexibility index (Phi) is 9.22. The monoisotopic (exact) mass is 530 g/mol. The van der Waals surface area contributed by atoms with Gasteiger partial charge in [-0.3, -0.25) is 9.20 Å². The highest BCUT2D eigenvalue weighted by atomic mass is 16.6. The number of aromatic nitrogens is 3. The van der Waals surface area contributed by atoms with Crippen molar-refractivity contribution in [1.82, 2.24) is 24.8 Å². The molecule has 3 N–H and O–H groups in total. The van der Waals surface area contributed by atoms with E-state index in [1.807, 2.05) is 22.6 Å². The summed E-state index contributed by atoms with van der Waals surface area (Å²) in [5.41, 5.74) is 6.26. The van der Waals surface area contributed by atoms with Gasteiger partial charge in [-0.2, -0.15) is 0 Å². The third-order valence-electron chi connectivity index (χ3n) is 7.67. The number of hydrogen-bond donors (Lipinski definition) is 2. The van der Waals surface area contributed by atoms with Gasteiger partial charge in [0.2, 0.25) is 5.91 Å². The van der Waals surface area contributed by atoms with Crippen LogP contribution in [0.1, 0.15) is 64.5 Å². The summed E-state index contributed by atoms with van der Waals surface area (Å²) in [6.07, 6.45) is 3.35. The molecule has 1 aliphatic carbocycles. The molecule has 0 bridgehead atoms. The van der Waals surface area contributed by atoms with Crippen LogP contribution < -0.4 is 11.1 Å². The fourth-order valence-electron chi connectivity index (χ4n) is 4.96. The van der Waals surface area contributed by atoms with Gasteiger partial charge in [-0.1, -0.05) is 26.3 Å². The third-order valence-corrected chi connectivity index (χ3v) is 7.67. The van der Waals surface area contributed by atoms with Gasteiger partial charge in [0.1, 0.15) is 12.6 Å². The molecule has 4 rings (SSSR count). The van der Waals surface area contributed by atoms with E-state index in [0.717, 1.165) is 5.92 Å². The van der Waals surface area contributed by atoms with E-state index < -0.39 is 17.7 Å². The maximum atomic E-state index is 12.9. The molecule has 2 aliphatic rings. The van der Waals surface area contributed by atoms with Crippen molar-refractivity contribution < 1.29 is 23.8 Å². The normalized spacial score (nSPS) is 21.6. The lowest BCUT2D eigenvalue weighted by Crippen LogP contribution is -2.51. The lowest BCUT2D eigenvalue weighted by atomic mass is 9.68. The van der Waals surface area contributed by atoms with Crippen molar-refractivity contribution >= 4 is 17.6 Å². The molecule has 2 aromatic heterocycles. The first-order valence-corrected chi connectivity index (χ1v) is 13.7. The van der Waals surface area contributed by atoms with E-state index in [2.05, 4.69) is 29.4 Å². The summed E-state index contributed by atoms with van der Waals surface area (Å²) in [5.74, 6) is 2.12. The van der Waals surface area contributed by atoms with Gasteiger partial charge in [0.25, 0.3) is 0 Å². The number of hydrogen-bond acceptors (Lipinski definition) is 8. The van der Waals surface area contributed by atoms with E-state index in [4.69, 9.17) is 19.9 Å². The second-order valence-electron chi connectivity index (χ2n) is 11.2. The number of rotatable bonds is 11. The number of morpholine rings is 1. The molecule has 1 aliphatic heterocycles. The van der Waals surface area contributed by atoms with E-state index in [-0.39, 0.29) is 19.1 Å². The predicted octanol–water partition coefficient (Wildman–Crippen LogP) is 2.68. The van der Waals surface area contributed by atoms with E-state index in [1.165, 1.54) is 19.3 Å². The highest BCUT2D eigenvalue weighted by Gasteiger charge is 2.33. The second-order valence-corrected chi connectivity index (χ2v) is 11.2. The SMILES string of the molecule is CC[C@H]1C[C@@H]([C@H](C)COC[C@@H](NC(=O)C(C)(C)N)c2nnc3cccc(COC(=O)N4CCOCC4)n23)C1. The number of nitrogens with one attached hydrogen (secondary N) is 1. The molecule has 2 aromatic rings. The first-order valence-electron chi connectivity index (χ1n) is 13.7. The summed E-state index contributed by atoms with van der Waals surface area (Å²) < 4.78 is 18.9. The van der Waals surface area contributed by atoms with Crippen molar-refractivity contribution in [2.75, 3.05) is 39.5 Å². The topological polar surface area (TPSA) is 133 Å². The summed E-state index contributed by atoms with van der Waals surface area (Å²) in [5, 5.41) is 11.7. The molecule has 11 heteroatoms. The lowest BCUT2D eigenvalue weighted by Gasteiger charge is -2.38. The van der Waals surface area contributed by atoms with Gasteiger partial charge >= 0.3 is 6.09 Å². The van der Waals surface area contributed by atoms with Crippen LogP contribution in [0.5, 0.6) is 0 Å². The number of pyridine rings is 1. The number of fused-ring (bicyclic) bond motifs is 1. The lowest BCUT2D eigenvalue weighted by molar-refractivity contribution is -0.126. The molecule has 210 valence electrons. The molecule has 2 atom stereocenters. The third kappa shape index (κ3) is 6.81. The number of carbonyl (C=O) groups excluding carboxylic acids is 2. The van der Waals surface area contributed by atoms with Crippen LogP contribution in [0.15, 0.2) is 18.2 Å². The minimum atomic E-state index is -1.08. The number of ether oxygens (including phenoxy) is 3. The number of nitrogens with zero attached hydrogens (tertiary/aromatic N) is 4. The van der Waals surface area contributed by atoms with Gasteiger partial charge in [-0.05, 0) is 56.6 Å². The van der Waals surface area contributed by atoms with Gasteiger partial charge < -0.3 is 30.2 Å². The van der Waals surface area contributed by atoms with Crippen molar-refractivity contribution in [1.29, 1.82) is 0 Å². The fourth-order valence-corrected chi connectivity index (χ4v) is 4.96. The Bertz CT molecular complexity index is 1090. The molecule has 0 radical (unpaired) electrons. The Balaban J connectivity index is 1.49. The standard InChI is InChI=1S/C27H42N6O5/c1-5-19-13-20(14-19)18(2)15-37-17-22(29-25(34)27(3,4)28)24-31-30-23-8-6-7-21(33(23)24)16-38-26(35)32-9-11-36-12-10-32/h6-8,18-20,22H,5,9-17,28H2,1-4H3,(H,29,34)/t18-,19-,20+,22-/m1/s1. The molecule has 1 saturated carbocycles. The predicted molar refractivity (Wildman–Crippen MR) is 141 cm³/mol. The minimum Gasteiger partial charge on any atom is -0.443 e. The highest BCUT2D eigenvalue weighted by molar-refractivity contribution is 5.85. The van der Waals surface area contributed by atoms with Gasteiger partial charge in [-0.25, -0.2) is 4.79 Å². The number of carbonyl (C=O) groups is 2. The van der Waals surface area contributed by atoms with Gasteiger partial charge in [-0.15, -0.1) is 10.2 Å². The Morgan fingerprint density at radius 2 is 1.95 bits per heavy atom. The summed E-state index contributed by atoms with van der Waals surface area (Å²) in [7, 11) is 0. The molecular weight excluding hydrogens is 488 g/mol. The van der Waals surface area contributed by atoms with Crippen LogP contribution >= 0.6 is 0 Å². The van der Waals surface area contributed by atoms with E-state index in [9.17, 15) is 9.59 Å². The van der Waals surface area contributed by atoms with Crippen molar-refractivity contribution in [3.63, 3.8) is 0 Å². The molecule has 1 saturated heterocycles. The smallest absolute Gasteiger partial charge is 0.410 e. The average molecular weight is 531 g/mol. The summed E-state index contributed by atoms with van der Waals surface area (Å²) in [6, 6.07) is 4.91. The molecule has 2 fully saturated rings. The molecular formula is C27H42N6O5. The summed E-state index contributed by atoms with van der Waals surface area (Å²) in [6.45, 7) is 10.6. The first kappa shape index (κ1) is 28.3. The zero-order valence-corrected chi connectivity index (χ0v) is 23.0. The fraction of sp³-hybridized carbons (Fsp3) is 0.704. The summed E-state index contributed by atoms with van der Waals surface area (Å²) in [4.78, 5) is 27.1. The van der Waals surface area contributed by atoms with Gasteiger partial charge in [0.05, 0.1) is 31.1 Å². The van der Waals surface area contributed by atoms with Gasteiger partial charge in [0.15, 0.2) is 11.5 Å². The highest BCUT2D eigenvalue weighted by Crippen LogP contribution is 2.40. The molecule has 38 heavy (non-hydrogen) atoms. The van der Waals surface area contributed by atoms with Crippen LogP contribution in [0.3, 0.4) is 0 Å². The second kappa shape index (κ2) is 12.4. The van der Waals surface area contributed by atoms with Crippen LogP contribution in [-0.2, 0) is 25.6 Å². The molecule has 0 spiro atoms. The Morgan fingerprint density at radius 1 is 1.21 bits per heavy atom. The van der Waals surface area contributed by atoms with E-state index in [1.54, 1.807) is 18.7 Å². The zero-order chi connectivity index (χ0) is 27.3. The molecule has 0 aromatic carbocycles. The quantitative estimate of drug-likeness (QED) is 0.453. The maximum Gasteiger partial charge on any atom is 0.410 e.